The molecule has 0 aromatic heterocycles. The van der Waals surface area contributed by atoms with Crippen LogP contribution in [-0.2, 0) is 6.42 Å². The van der Waals surface area contributed by atoms with E-state index in [4.69, 9.17) is 9.47 Å². The minimum atomic E-state index is -0.125. The summed E-state index contributed by atoms with van der Waals surface area (Å²) in [6.07, 6.45) is 2.20. The third kappa shape index (κ3) is 3.66. The Kier molecular flexibility index (Phi) is 4.59. The van der Waals surface area contributed by atoms with Gasteiger partial charge in [0.15, 0.2) is 11.5 Å². The molecular weight excluding hydrogens is 250 g/mol. The molecule has 2 unspecified atom stereocenters. The first kappa shape index (κ1) is 15.2. The maximum atomic E-state index is 6.06. The standard InChI is InChI=1S/C17H27NO2/c1-6-12(2)18-11-13(3)19-15-9-7-8-14-10-17(4,5)20-16(14)15/h7-9,12-13,18H,6,10-11H2,1-5H3. The maximum absolute atomic E-state index is 6.06. The lowest BCUT2D eigenvalue weighted by Gasteiger charge is -2.21. The molecular formula is C17H27NO2. The average molecular weight is 277 g/mol. The highest BCUT2D eigenvalue weighted by molar-refractivity contribution is 5.50. The Bertz CT molecular complexity index is 456. The quantitative estimate of drug-likeness (QED) is 0.862. The van der Waals surface area contributed by atoms with Crippen molar-refractivity contribution in [2.45, 2.75) is 65.2 Å². The molecule has 1 heterocycles. The summed E-state index contributed by atoms with van der Waals surface area (Å²) >= 11 is 0. The van der Waals surface area contributed by atoms with E-state index in [1.165, 1.54) is 5.56 Å². The molecule has 1 N–H and O–H groups in total. The molecule has 2 rings (SSSR count). The molecule has 0 spiro atoms. The second-order valence-electron chi connectivity index (χ2n) is 6.43. The van der Waals surface area contributed by atoms with E-state index < -0.39 is 0 Å². The van der Waals surface area contributed by atoms with Gasteiger partial charge >= 0.3 is 0 Å². The van der Waals surface area contributed by atoms with Crippen LogP contribution in [0.2, 0.25) is 0 Å². The van der Waals surface area contributed by atoms with E-state index in [1.807, 2.05) is 12.1 Å². The van der Waals surface area contributed by atoms with Gasteiger partial charge < -0.3 is 14.8 Å². The summed E-state index contributed by atoms with van der Waals surface area (Å²) in [6, 6.07) is 6.70. The first-order valence-electron chi connectivity index (χ1n) is 7.62. The van der Waals surface area contributed by atoms with Gasteiger partial charge in [0, 0.05) is 24.6 Å². The second-order valence-corrected chi connectivity index (χ2v) is 6.43. The van der Waals surface area contributed by atoms with Crippen molar-refractivity contribution in [3.63, 3.8) is 0 Å². The lowest BCUT2D eigenvalue weighted by Crippen LogP contribution is -2.34. The molecule has 0 saturated carbocycles. The summed E-state index contributed by atoms with van der Waals surface area (Å²) < 4.78 is 12.1. The molecule has 3 nitrogen and oxygen atoms in total. The van der Waals surface area contributed by atoms with Crippen molar-refractivity contribution in [3.05, 3.63) is 23.8 Å². The van der Waals surface area contributed by atoms with Crippen molar-refractivity contribution < 1.29 is 9.47 Å². The lowest BCUT2D eigenvalue weighted by atomic mass is 10.0. The molecule has 1 aromatic carbocycles. The van der Waals surface area contributed by atoms with Crippen molar-refractivity contribution in [3.8, 4) is 11.5 Å². The molecule has 1 aromatic rings. The van der Waals surface area contributed by atoms with Gasteiger partial charge in [-0.3, -0.25) is 0 Å². The minimum Gasteiger partial charge on any atom is -0.485 e. The Morgan fingerprint density at radius 1 is 1.35 bits per heavy atom. The zero-order valence-electron chi connectivity index (χ0n) is 13.3. The summed E-state index contributed by atoms with van der Waals surface area (Å²) in [6.45, 7) is 11.5. The van der Waals surface area contributed by atoms with Gasteiger partial charge in [-0.1, -0.05) is 19.1 Å². The SMILES string of the molecule is CCC(C)NCC(C)Oc1cccc2c1OC(C)(C)C2. The van der Waals surface area contributed by atoms with E-state index in [0.717, 1.165) is 30.9 Å². The van der Waals surface area contributed by atoms with Crippen molar-refractivity contribution >= 4 is 0 Å². The van der Waals surface area contributed by atoms with Gasteiger partial charge in [0.2, 0.25) is 0 Å². The summed E-state index contributed by atoms with van der Waals surface area (Å²) in [5.74, 6) is 1.79. The topological polar surface area (TPSA) is 30.5 Å². The van der Waals surface area contributed by atoms with Gasteiger partial charge in [0.05, 0.1) is 0 Å². The van der Waals surface area contributed by atoms with Crippen molar-refractivity contribution in [2.75, 3.05) is 6.54 Å². The number of rotatable bonds is 6. The van der Waals surface area contributed by atoms with Gasteiger partial charge in [-0.2, -0.15) is 0 Å². The second kappa shape index (κ2) is 6.04. The molecule has 2 atom stereocenters. The Morgan fingerprint density at radius 3 is 2.80 bits per heavy atom. The smallest absolute Gasteiger partial charge is 0.165 e. The number of fused-ring (bicyclic) bond motifs is 1. The number of hydrogen-bond acceptors (Lipinski definition) is 3. The average Bonchev–Trinajstić information content (AvgIpc) is 2.71. The van der Waals surface area contributed by atoms with Crippen LogP contribution >= 0.6 is 0 Å². The highest BCUT2D eigenvalue weighted by Crippen LogP contribution is 2.41. The van der Waals surface area contributed by atoms with Gasteiger partial charge in [0.1, 0.15) is 11.7 Å². The lowest BCUT2D eigenvalue weighted by molar-refractivity contribution is 0.126. The van der Waals surface area contributed by atoms with Crippen molar-refractivity contribution in [1.82, 2.24) is 5.32 Å². The number of hydrogen-bond donors (Lipinski definition) is 1. The summed E-state index contributed by atoms with van der Waals surface area (Å²) in [4.78, 5) is 0. The van der Waals surface area contributed by atoms with Gasteiger partial charge in [-0.15, -0.1) is 0 Å². The van der Waals surface area contributed by atoms with Crippen molar-refractivity contribution in [1.29, 1.82) is 0 Å². The monoisotopic (exact) mass is 277 g/mol. The van der Waals surface area contributed by atoms with E-state index in [2.05, 4.69) is 46.0 Å². The van der Waals surface area contributed by atoms with E-state index in [-0.39, 0.29) is 11.7 Å². The predicted octanol–water partition coefficient (Wildman–Crippen LogP) is 3.56. The third-order valence-electron chi connectivity index (χ3n) is 3.75. The third-order valence-corrected chi connectivity index (χ3v) is 3.75. The van der Waals surface area contributed by atoms with Crippen LogP contribution in [0.1, 0.15) is 46.6 Å². The number of benzene rings is 1. The molecule has 3 heteroatoms. The van der Waals surface area contributed by atoms with E-state index >= 15 is 0 Å². The maximum Gasteiger partial charge on any atom is 0.165 e. The zero-order chi connectivity index (χ0) is 14.8. The summed E-state index contributed by atoms with van der Waals surface area (Å²) in [5, 5.41) is 3.47. The van der Waals surface area contributed by atoms with Crippen molar-refractivity contribution in [2.24, 2.45) is 0 Å². The van der Waals surface area contributed by atoms with E-state index in [1.54, 1.807) is 0 Å². The number of para-hydroxylation sites is 1. The first-order valence-corrected chi connectivity index (χ1v) is 7.62. The number of nitrogens with one attached hydrogen (secondary N) is 1. The predicted molar refractivity (Wildman–Crippen MR) is 82.7 cm³/mol. The molecule has 0 bridgehead atoms. The molecule has 0 aliphatic carbocycles. The molecule has 0 saturated heterocycles. The zero-order valence-corrected chi connectivity index (χ0v) is 13.3. The fraction of sp³-hybridized carbons (Fsp3) is 0.647. The van der Waals surface area contributed by atoms with E-state index in [0.29, 0.717) is 6.04 Å². The normalized spacial score (nSPS) is 19.1. The molecule has 1 aliphatic rings. The molecule has 1 aliphatic heterocycles. The van der Waals surface area contributed by atoms with Crippen LogP contribution in [0.3, 0.4) is 0 Å². The number of ether oxygens (including phenoxy) is 2. The van der Waals surface area contributed by atoms with Crippen LogP contribution in [0.25, 0.3) is 0 Å². The van der Waals surface area contributed by atoms with Crippen LogP contribution < -0.4 is 14.8 Å². The van der Waals surface area contributed by atoms with Crippen LogP contribution in [0.15, 0.2) is 18.2 Å². The van der Waals surface area contributed by atoms with Gasteiger partial charge in [0.25, 0.3) is 0 Å². The largest absolute Gasteiger partial charge is 0.485 e. The Morgan fingerprint density at radius 2 is 2.10 bits per heavy atom. The molecule has 0 amide bonds. The molecule has 0 fully saturated rings. The minimum absolute atomic E-state index is 0.125. The first-order chi connectivity index (χ1) is 9.41. The fourth-order valence-corrected chi connectivity index (χ4v) is 2.45. The van der Waals surface area contributed by atoms with Gasteiger partial charge in [-0.25, -0.2) is 0 Å². The van der Waals surface area contributed by atoms with Gasteiger partial charge in [-0.05, 0) is 40.2 Å². The van der Waals surface area contributed by atoms with Crippen LogP contribution in [0.5, 0.6) is 11.5 Å². The highest BCUT2D eigenvalue weighted by atomic mass is 16.5. The molecule has 112 valence electrons. The Balaban J connectivity index is 1.99. The van der Waals surface area contributed by atoms with Crippen LogP contribution in [0.4, 0.5) is 0 Å². The molecule has 20 heavy (non-hydrogen) atoms. The fourth-order valence-electron chi connectivity index (χ4n) is 2.45. The summed E-state index contributed by atoms with van der Waals surface area (Å²) in [7, 11) is 0. The van der Waals surface area contributed by atoms with E-state index in [9.17, 15) is 0 Å². The summed E-state index contributed by atoms with van der Waals surface area (Å²) in [5.41, 5.74) is 1.12. The Labute approximate surface area is 122 Å². The molecule has 0 radical (unpaired) electrons. The van der Waals surface area contributed by atoms with Crippen LogP contribution in [-0.4, -0.2) is 24.3 Å². The van der Waals surface area contributed by atoms with Crippen LogP contribution in [0, 0.1) is 0 Å². The highest BCUT2D eigenvalue weighted by Gasteiger charge is 2.32. The Hall–Kier alpha value is -1.22.